The van der Waals surface area contributed by atoms with Gasteiger partial charge in [0.2, 0.25) is 11.7 Å². The van der Waals surface area contributed by atoms with E-state index in [4.69, 9.17) is 25.6 Å². The van der Waals surface area contributed by atoms with Crippen LogP contribution >= 0.6 is 11.6 Å². The Morgan fingerprint density at radius 2 is 2.24 bits per heavy atom. The number of carbonyl (C=O) groups is 1. The zero-order valence-electron chi connectivity index (χ0n) is 11.9. The fraction of sp³-hybridized carbons (Fsp3) is 0.357. The molecule has 1 aromatic carbocycles. The summed E-state index contributed by atoms with van der Waals surface area (Å²) in [6.45, 7) is 3.69. The first-order valence-electron chi connectivity index (χ1n) is 6.41. The first-order chi connectivity index (χ1) is 10.1. The molecule has 0 aliphatic heterocycles. The van der Waals surface area contributed by atoms with Gasteiger partial charge in [-0.1, -0.05) is 16.8 Å². The highest BCUT2D eigenvalue weighted by Gasteiger charge is 2.24. The SMILES string of the molecule is CCOC(=O)C(C)c1nc(-c2ccc(Cl)cc2OC)no1. The van der Waals surface area contributed by atoms with Crippen molar-refractivity contribution in [3.8, 4) is 17.1 Å². The Bertz CT molecular complexity index is 642. The summed E-state index contributed by atoms with van der Waals surface area (Å²) in [4.78, 5) is 15.9. The van der Waals surface area contributed by atoms with Crippen LogP contribution in [0.25, 0.3) is 11.4 Å². The molecule has 0 aliphatic rings. The molecule has 1 aromatic heterocycles. The van der Waals surface area contributed by atoms with Gasteiger partial charge in [-0.15, -0.1) is 0 Å². The number of hydrogen-bond acceptors (Lipinski definition) is 6. The smallest absolute Gasteiger partial charge is 0.318 e. The van der Waals surface area contributed by atoms with Crippen molar-refractivity contribution in [1.82, 2.24) is 10.1 Å². The van der Waals surface area contributed by atoms with Gasteiger partial charge >= 0.3 is 5.97 Å². The molecule has 1 heterocycles. The van der Waals surface area contributed by atoms with Gasteiger partial charge in [-0.2, -0.15) is 4.98 Å². The summed E-state index contributed by atoms with van der Waals surface area (Å²) in [6, 6.07) is 5.08. The highest BCUT2D eigenvalue weighted by atomic mass is 35.5. The maximum atomic E-state index is 11.7. The van der Waals surface area contributed by atoms with Gasteiger partial charge in [-0.25, -0.2) is 0 Å². The lowest BCUT2D eigenvalue weighted by molar-refractivity contribution is -0.145. The van der Waals surface area contributed by atoms with Crippen LogP contribution in [-0.2, 0) is 9.53 Å². The lowest BCUT2D eigenvalue weighted by atomic mass is 10.1. The van der Waals surface area contributed by atoms with Gasteiger partial charge in [0.1, 0.15) is 11.7 Å². The Kier molecular flexibility index (Phi) is 4.80. The zero-order valence-corrected chi connectivity index (χ0v) is 12.7. The van der Waals surface area contributed by atoms with E-state index in [9.17, 15) is 4.79 Å². The van der Waals surface area contributed by atoms with Crippen LogP contribution in [0.3, 0.4) is 0 Å². The molecule has 0 saturated heterocycles. The summed E-state index contributed by atoms with van der Waals surface area (Å²) >= 11 is 5.91. The van der Waals surface area contributed by atoms with Crippen LogP contribution < -0.4 is 4.74 Å². The third kappa shape index (κ3) is 3.33. The van der Waals surface area contributed by atoms with Crippen LogP contribution in [0.15, 0.2) is 22.7 Å². The standard InChI is InChI=1S/C14H15ClN2O4/c1-4-20-14(18)8(2)13-16-12(17-21-13)10-6-5-9(15)7-11(10)19-3/h5-8H,4H2,1-3H3. The number of esters is 1. The third-order valence-electron chi connectivity index (χ3n) is 2.86. The molecule has 0 bridgehead atoms. The molecule has 0 amide bonds. The number of ether oxygens (including phenoxy) is 2. The van der Waals surface area contributed by atoms with E-state index in [1.54, 1.807) is 32.0 Å². The number of rotatable bonds is 5. The minimum Gasteiger partial charge on any atom is -0.496 e. The Labute approximate surface area is 127 Å². The minimum atomic E-state index is -0.621. The molecule has 21 heavy (non-hydrogen) atoms. The molecule has 0 spiro atoms. The Morgan fingerprint density at radius 3 is 2.90 bits per heavy atom. The van der Waals surface area contributed by atoms with Crippen LogP contribution in [0, 0.1) is 0 Å². The average molecular weight is 311 g/mol. The van der Waals surface area contributed by atoms with Crippen LogP contribution in [0.5, 0.6) is 5.75 Å². The number of aromatic nitrogens is 2. The molecule has 6 nitrogen and oxygen atoms in total. The summed E-state index contributed by atoms with van der Waals surface area (Å²) in [5.41, 5.74) is 0.632. The van der Waals surface area contributed by atoms with Crippen LogP contribution in [0.2, 0.25) is 5.02 Å². The van der Waals surface area contributed by atoms with Crippen molar-refractivity contribution < 1.29 is 18.8 Å². The van der Waals surface area contributed by atoms with Crippen molar-refractivity contribution in [2.24, 2.45) is 0 Å². The molecule has 1 unspecified atom stereocenters. The van der Waals surface area contributed by atoms with Gasteiger partial charge in [0.15, 0.2) is 0 Å². The maximum absolute atomic E-state index is 11.7. The van der Waals surface area contributed by atoms with Gasteiger partial charge in [0.05, 0.1) is 19.3 Å². The summed E-state index contributed by atoms with van der Waals surface area (Å²) in [5.74, 6) is 0.0222. The van der Waals surface area contributed by atoms with Crippen molar-refractivity contribution in [3.05, 3.63) is 29.1 Å². The molecule has 0 aliphatic carbocycles. The van der Waals surface area contributed by atoms with Gasteiger partial charge in [-0.3, -0.25) is 4.79 Å². The molecule has 0 saturated carbocycles. The van der Waals surface area contributed by atoms with E-state index in [-0.39, 0.29) is 5.89 Å². The van der Waals surface area contributed by atoms with E-state index >= 15 is 0 Å². The summed E-state index contributed by atoms with van der Waals surface area (Å²) in [7, 11) is 1.53. The Balaban J connectivity index is 2.30. The van der Waals surface area contributed by atoms with E-state index < -0.39 is 11.9 Å². The quantitative estimate of drug-likeness (QED) is 0.790. The molecule has 0 N–H and O–H groups in total. The predicted octanol–water partition coefficient (Wildman–Crippen LogP) is 3.07. The van der Waals surface area contributed by atoms with Crippen molar-refractivity contribution in [1.29, 1.82) is 0 Å². The largest absolute Gasteiger partial charge is 0.496 e. The lowest BCUT2D eigenvalue weighted by Gasteiger charge is -2.05. The third-order valence-corrected chi connectivity index (χ3v) is 3.09. The molecule has 0 fully saturated rings. The predicted molar refractivity (Wildman–Crippen MR) is 76.3 cm³/mol. The molecular formula is C14H15ClN2O4. The fourth-order valence-corrected chi connectivity index (χ4v) is 1.90. The number of hydrogen-bond donors (Lipinski definition) is 0. The van der Waals surface area contributed by atoms with Crippen LogP contribution in [-0.4, -0.2) is 29.8 Å². The highest BCUT2D eigenvalue weighted by molar-refractivity contribution is 6.30. The molecule has 2 aromatic rings. The first kappa shape index (κ1) is 15.3. The molecular weight excluding hydrogens is 296 g/mol. The number of methoxy groups -OCH3 is 1. The lowest BCUT2D eigenvalue weighted by Crippen LogP contribution is -2.13. The number of nitrogens with zero attached hydrogens (tertiary/aromatic N) is 2. The van der Waals surface area contributed by atoms with Crippen LogP contribution in [0.1, 0.15) is 25.7 Å². The Hall–Kier alpha value is -2.08. The molecule has 7 heteroatoms. The average Bonchev–Trinajstić information content (AvgIpc) is 2.96. The Morgan fingerprint density at radius 1 is 1.48 bits per heavy atom. The monoisotopic (exact) mass is 310 g/mol. The fourth-order valence-electron chi connectivity index (χ4n) is 1.74. The highest BCUT2D eigenvalue weighted by Crippen LogP contribution is 2.31. The van der Waals surface area contributed by atoms with E-state index in [0.29, 0.717) is 28.8 Å². The second-order valence-corrected chi connectivity index (χ2v) is 4.71. The number of carbonyl (C=O) groups excluding carboxylic acids is 1. The van der Waals surface area contributed by atoms with Gasteiger partial charge in [-0.05, 0) is 32.0 Å². The molecule has 2 rings (SSSR count). The van der Waals surface area contributed by atoms with Crippen LogP contribution in [0.4, 0.5) is 0 Å². The van der Waals surface area contributed by atoms with Crippen molar-refractivity contribution in [3.63, 3.8) is 0 Å². The van der Waals surface area contributed by atoms with Gasteiger partial charge in [0.25, 0.3) is 0 Å². The van der Waals surface area contributed by atoms with Crippen molar-refractivity contribution in [2.75, 3.05) is 13.7 Å². The second-order valence-electron chi connectivity index (χ2n) is 4.27. The first-order valence-corrected chi connectivity index (χ1v) is 6.78. The van der Waals surface area contributed by atoms with Crippen molar-refractivity contribution in [2.45, 2.75) is 19.8 Å². The number of benzene rings is 1. The maximum Gasteiger partial charge on any atom is 0.318 e. The topological polar surface area (TPSA) is 74.5 Å². The normalized spacial score (nSPS) is 12.0. The zero-order chi connectivity index (χ0) is 15.4. The van der Waals surface area contributed by atoms with E-state index in [1.165, 1.54) is 7.11 Å². The second kappa shape index (κ2) is 6.58. The number of halogens is 1. The minimum absolute atomic E-state index is 0.195. The molecule has 1 atom stereocenters. The summed E-state index contributed by atoms with van der Waals surface area (Å²) < 4.78 is 15.3. The van der Waals surface area contributed by atoms with Gasteiger partial charge < -0.3 is 14.0 Å². The summed E-state index contributed by atoms with van der Waals surface area (Å²) in [6.07, 6.45) is 0. The van der Waals surface area contributed by atoms with E-state index in [0.717, 1.165) is 0 Å². The molecule has 0 radical (unpaired) electrons. The molecule has 112 valence electrons. The van der Waals surface area contributed by atoms with Crippen molar-refractivity contribution >= 4 is 17.6 Å². The van der Waals surface area contributed by atoms with Gasteiger partial charge in [0, 0.05) is 5.02 Å². The van der Waals surface area contributed by atoms with E-state index in [1.807, 2.05) is 0 Å². The summed E-state index contributed by atoms with van der Waals surface area (Å²) in [5, 5.41) is 4.41. The van der Waals surface area contributed by atoms with E-state index in [2.05, 4.69) is 10.1 Å².